The number of aromatic nitrogens is 2. The monoisotopic (exact) mass is 398 g/mol. The van der Waals surface area contributed by atoms with E-state index in [4.69, 9.17) is 0 Å². The lowest BCUT2D eigenvalue weighted by Crippen LogP contribution is -2.30. The van der Waals surface area contributed by atoms with Crippen molar-refractivity contribution >= 4 is 11.7 Å². The van der Waals surface area contributed by atoms with Crippen molar-refractivity contribution in [3.63, 3.8) is 0 Å². The summed E-state index contributed by atoms with van der Waals surface area (Å²) < 4.78 is 0. The van der Waals surface area contributed by atoms with Crippen molar-refractivity contribution in [1.82, 2.24) is 15.3 Å². The molecule has 5 rings (SSSR count). The summed E-state index contributed by atoms with van der Waals surface area (Å²) in [6.45, 7) is 2.09. The van der Waals surface area contributed by atoms with E-state index in [1.54, 1.807) is 6.33 Å². The maximum absolute atomic E-state index is 13.0. The number of nitrogens with one attached hydrogen (secondary N) is 1. The third-order valence-corrected chi connectivity index (χ3v) is 6.18. The van der Waals surface area contributed by atoms with Gasteiger partial charge in [-0.2, -0.15) is 0 Å². The Morgan fingerprint density at radius 3 is 2.73 bits per heavy atom. The molecule has 0 bridgehead atoms. The number of carbonyl (C=O) groups excluding carboxylic acids is 1. The number of aryl methyl sites for hydroxylation is 1. The first-order chi connectivity index (χ1) is 14.8. The van der Waals surface area contributed by atoms with E-state index in [2.05, 4.69) is 44.5 Å². The van der Waals surface area contributed by atoms with Gasteiger partial charge in [0.25, 0.3) is 5.91 Å². The van der Waals surface area contributed by atoms with E-state index in [0.717, 1.165) is 49.4 Å². The molecule has 1 amide bonds. The molecule has 0 radical (unpaired) electrons. The topological polar surface area (TPSA) is 58.1 Å². The summed E-state index contributed by atoms with van der Waals surface area (Å²) in [6.07, 6.45) is 7.20. The molecule has 3 aromatic rings. The van der Waals surface area contributed by atoms with Crippen molar-refractivity contribution < 1.29 is 4.79 Å². The first-order valence-electron chi connectivity index (χ1n) is 10.8. The molecule has 30 heavy (non-hydrogen) atoms. The summed E-state index contributed by atoms with van der Waals surface area (Å²) in [7, 11) is 0. The number of rotatable bonds is 4. The first-order valence-corrected chi connectivity index (χ1v) is 10.8. The minimum Gasteiger partial charge on any atom is -0.357 e. The third-order valence-electron chi connectivity index (χ3n) is 6.18. The van der Waals surface area contributed by atoms with Gasteiger partial charge in [0.1, 0.15) is 12.1 Å². The van der Waals surface area contributed by atoms with Gasteiger partial charge in [-0.15, -0.1) is 0 Å². The van der Waals surface area contributed by atoms with Crippen molar-refractivity contribution in [2.45, 2.75) is 38.1 Å². The molecule has 1 atom stereocenters. The molecule has 1 fully saturated rings. The molecule has 5 heteroatoms. The molecule has 2 aromatic carbocycles. The zero-order valence-corrected chi connectivity index (χ0v) is 17.1. The summed E-state index contributed by atoms with van der Waals surface area (Å²) >= 11 is 0. The van der Waals surface area contributed by atoms with E-state index in [-0.39, 0.29) is 11.9 Å². The van der Waals surface area contributed by atoms with E-state index in [1.807, 2.05) is 30.3 Å². The molecule has 0 saturated carbocycles. The van der Waals surface area contributed by atoms with E-state index >= 15 is 0 Å². The fourth-order valence-electron chi connectivity index (χ4n) is 4.59. The van der Waals surface area contributed by atoms with E-state index in [0.29, 0.717) is 5.56 Å². The van der Waals surface area contributed by atoms with Crippen LogP contribution in [0.3, 0.4) is 0 Å². The van der Waals surface area contributed by atoms with Crippen molar-refractivity contribution in [2.24, 2.45) is 0 Å². The summed E-state index contributed by atoms with van der Waals surface area (Å²) in [6, 6.07) is 18.3. The van der Waals surface area contributed by atoms with Crippen molar-refractivity contribution in [3.8, 4) is 11.3 Å². The SMILES string of the molecule is O=C(N[C@H]1CCCc2ccccc21)c1cccc(-c2cc(N3CCCC3)ncn2)c1. The maximum Gasteiger partial charge on any atom is 0.251 e. The standard InChI is InChI=1S/C25H26N4O/c30-25(28-22-12-6-8-18-7-1-2-11-21(18)22)20-10-5-9-19(15-20)23-16-24(27-17-26-23)29-13-3-4-14-29/h1-2,5,7,9-11,15-17,22H,3-4,6,8,12-14H2,(H,28,30)/t22-/m0/s1. The van der Waals surface area contributed by atoms with Crippen LogP contribution < -0.4 is 10.2 Å². The van der Waals surface area contributed by atoms with Gasteiger partial charge >= 0.3 is 0 Å². The molecular formula is C25H26N4O. The third kappa shape index (κ3) is 3.80. The lowest BCUT2D eigenvalue weighted by atomic mass is 9.87. The molecule has 152 valence electrons. The number of benzene rings is 2. The van der Waals surface area contributed by atoms with Gasteiger partial charge < -0.3 is 10.2 Å². The molecule has 0 spiro atoms. The Labute approximate surface area is 177 Å². The van der Waals surface area contributed by atoms with Crippen LogP contribution >= 0.6 is 0 Å². The number of fused-ring (bicyclic) bond motifs is 1. The van der Waals surface area contributed by atoms with Crippen LogP contribution in [-0.2, 0) is 6.42 Å². The van der Waals surface area contributed by atoms with Gasteiger partial charge in [0.05, 0.1) is 11.7 Å². The molecule has 1 saturated heterocycles. The van der Waals surface area contributed by atoms with E-state index in [9.17, 15) is 4.79 Å². The van der Waals surface area contributed by atoms with Gasteiger partial charge in [-0.05, 0) is 55.4 Å². The zero-order valence-electron chi connectivity index (χ0n) is 17.1. The second kappa shape index (κ2) is 8.27. The molecule has 2 heterocycles. The molecular weight excluding hydrogens is 372 g/mol. The quantitative estimate of drug-likeness (QED) is 0.700. The number of carbonyl (C=O) groups is 1. The van der Waals surface area contributed by atoms with Gasteiger partial charge in [-0.1, -0.05) is 36.4 Å². The largest absolute Gasteiger partial charge is 0.357 e. The first kappa shape index (κ1) is 18.8. The summed E-state index contributed by atoms with van der Waals surface area (Å²) in [5, 5.41) is 3.25. The Bertz CT molecular complexity index is 1060. The maximum atomic E-state index is 13.0. The molecule has 1 N–H and O–H groups in total. The number of amides is 1. The molecule has 2 aliphatic rings. The number of hydrogen-bond acceptors (Lipinski definition) is 4. The highest BCUT2D eigenvalue weighted by Gasteiger charge is 2.22. The highest BCUT2D eigenvalue weighted by Crippen LogP contribution is 2.30. The highest BCUT2D eigenvalue weighted by atomic mass is 16.1. The van der Waals surface area contributed by atoms with Crippen molar-refractivity contribution in [2.75, 3.05) is 18.0 Å². The number of hydrogen-bond donors (Lipinski definition) is 1. The second-order valence-corrected chi connectivity index (χ2v) is 8.15. The molecule has 1 aromatic heterocycles. The van der Waals surface area contributed by atoms with E-state index in [1.165, 1.54) is 24.0 Å². The lowest BCUT2D eigenvalue weighted by Gasteiger charge is -2.26. The van der Waals surface area contributed by atoms with Crippen LogP contribution in [0.15, 0.2) is 60.9 Å². The predicted octanol–water partition coefficient (Wildman–Crippen LogP) is 4.55. The zero-order chi connectivity index (χ0) is 20.3. The van der Waals surface area contributed by atoms with Crippen LogP contribution in [0.2, 0.25) is 0 Å². The molecule has 1 aliphatic heterocycles. The number of nitrogens with zero attached hydrogens (tertiary/aromatic N) is 3. The van der Waals surface area contributed by atoms with Crippen LogP contribution in [0.25, 0.3) is 11.3 Å². The predicted molar refractivity (Wildman–Crippen MR) is 119 cm³/mol. The summed E-state index contributed by atoms with van der Waals surface area (Å²) in [5.41, 5.74) is 5.05. The van der Waals surface area contributed by atoms with Crippen molar-refractivity contribution in [1.29, 1.82) is 0 Å². The Hall–Kier alpha value is -3.21. The van der Waals surface area contributed by atoms with Crippen molar-refractivity contribution in [3.05, 3.63) is 77.6 Å². The molecule has 5 nitrogen and oxygen atoms in total. The molecule has 0 unspecified atom stereocenters. The van der Waals surface area contributed by atoms with Crippen LogP contribution in [-0.4, -0.2) is 29.0 Å². The fraction of sp³-hybridized carbons (Fsp3) is 0.320. The second-order valence-electron chi connectivity index (χ2n) is 8.15. The summed E-state index contributed by atoms with van der Waals surface area (Å²) in [5.74, 6) is 0.929. The minimum atomic E-state index is -0.0348. The highest BCUT2D eigenvalue weighted by molar-refractivity contribution is 5.95. The van der Waals surface area contributed by atoms with Crippen LogP contribution in [0.5, 0.6) is 0 Å². The smallest absolute Gasteiger partial charge is 0.251 e. The van der Waals surface area contributed by atoms with Gasteiger partial charge in [0.2, 0.25) is 0 Å². The van der Waals surface area contributed by atoms with Gasteiger partial charge in [0.15, 0.2) is 0 Å². The Balaban J connectivity index is 1.37. The van der Waals surface area contributed by atoms with Gasteiger partial charge in [-0.25, -0.2) is 9.97 Å². The lowest BCUT2D eigenvalue weighted by molar-refractivity contribution is 0.0933. The van der Waals surface area contributed by atoms with E-state index < -0.39 is 0 Å². The minimum absolute atomic E-state index is 0.0348. The van der Waals surface area contributed by atoms with Gasteiger partial charge in [-0.3, -0.25) is 4.79 Å². The Morgan fingerprint density at radius 1 is 0.967 bits per heavy atom. The normalized spacial score (nSPS) is 18.1. The van der Waals surface area contributed by atoms with Gasteiger partial charge in [0, 0.05) is 30.3 Å². The van der Waals surface area contributed by atoms with Crippen LogP contribution in [0.1, 0.15) is 53.2 Å². The molecule has 1 aliphatic carbocycles. The average Bonchev–Trinajstić information content (AvgIpc) is 3.35. The van der Waals surface area contributed by atoms with Crippen LogP contribution in [0, 0.1) is 0 Å². The Kier molecular flexibility index (Phi) is 5.18. The Morgan fingerprint density at radius 2 is 1.83 bits per heavy atom. The summed E-state index contributed by atoms with van der Waals surface area (Å²) in [4.78, 5) is 24.2. The number of anilines is 1. The van der Waals surface area contributed by atoms with Crippen LogP contribution in [0.4, 0.5) is 5.82 Å². The fourth-order valence-corrected chi connectivity index (χ4v) is 4.59. The average molecular weight is 399 g/mol.